The van der Waals surface area contributed by atoms with Crippen LogP contribution >= 0.6 is 11.8 Å². The quantitative estimate of drug-likeness (QED) is 0.716. The second-order valence-electron chi connectivity index (χ2n) is 5.96. The minimum atomic E-state index is 0.225. The van der Waals surface area contributed by atoms with E-state index in [2.05, 4.69) is 48.3 Å². The molecular weight excluding hydrogens is 332 g/mol. The Morgan fingerprint density at radius 1 is 0.960 bits per heavy atom. The summed E-state index contributed by atoms with van der Waals surface area (Å²) in [5.74, 6) is 1.55. The van der Waals surface area contributed by atoms with Crippen LogP contribution in [0.5, 0.6) is 5.75 Å². The number of ether oxygens (including phenoxy) is 1. The minimum absolute atomic E-state index is 0.225. The summed E-state index contributed by atoms with van der Waals surface area (Å²) in [7, 11) is 1.66. The van der Waals surface area contributed by atoms with E-state index in [0.717, 1.165) is 33.6 Å². The van der Waals surface area contributed by atoms with Crippen molar-refractivity contribution in [3.63, 3.8) is 0 Å². The highest BCUT2D eigenvalue weighted by molar-refractivity contribution is 8.00. The molecule has 0 radical (unpaired) electrons. The molecule has 1 atom stereocenters. The molecule has 0 fully saturated rings. The van der Waals surface area contributed by atoms with Gasteiger partial charge in [0.25, 0.3) is 0 Å². The van der Waals surface area contributed by atoms with Gasteiger partial charge in [-0.25, -0.2) is 0 Å². The average molecular weight is 350 g/mol. The fourth-order valence-electron chi connectivity index (χ4n) is 2.77. The number of nitrogens with zero attached hydrogens (tertiary/aromatic N) is 4. The van der Waals surface area contributed by atoms with Crippen LogP contribution in [0.2, 0.25) is 0 Å². The lowest BCUT2D eigenvalue weighted by atomic mass is 10.1. The molecule has 0 unspecified atom stereocenters. The third-order valence-electron chi connectivity index (χ3n) is 4.18. The highest BCUT2D eigenvalue weighted by Gasteiger charge is 2.26. The molecule has 4 rings (SSSR count). The van der Waals surface area contributed by atoms with Crippen LogP contribution in [0.15, 0.2) is 58.8 Å². The van der Waals surface area contributed by atoms with Crippen LogP contribution in [-0.2, 0) is 0 Å². The lowest BCUT2D eigenvalue weighted by Gasteiger charge is -2.20. The van der Waals surface area contributed by atoms with Crippen molar-refractivity contribution in [1.82, 2.24) is 14.9 Å². The SMILES string of the molecule is COc1ccc(-c2nnc3n2N=C(c2ccc(C)cc2)[C@@H](C)S3)cc1. The van der Waals surface area contributed by atoms with Gasteiger partial charge in [0.15, 0.2) is 5.82 Å². The largest absolute Gasteiger partial charge is 0.497 e. The van der Waals surface area contributed by atoms with Crippen LogP contribution in [0.3, 0.4) is 0 Å². The monoisotopic (exact) mass is 350 g/mol. The predicted molar refractivity (Wildman–Crippen MR) is 100 cm³/mol. The summed E-state index contributed by atoms with van der Waals surface area (Å²) in [5, 5.41) is 14.6. The van der Waals surface area contributed by atoms with Gasteiger partial charge >= 0.3 is 0 Å². The Morgan fingerprint density at radius 2 is 1.64 bits per heavy atom. The van der Waals surface area contributed by atoms with Crippen LogP contribution in [0.1, 0.15) is 18.1 Å². The van der Waals surface area contributed by atoms with Crippen molar-refractivity contribution in [3.05, 3.63) is 59.7 Å². The molecule has 0 spiro atoms. The number of benzene rings is 2. The van der Waals surface area contributed by atoms with Gasteiger partial charge in [0.1, 0.15) is 5.75 Å². The van der Waals surface area contributed by atoms with Gasteiger partial charge in [0.2, 0.25) is 5.16 Å². The van der Waals surface area contributed by atoms with Crippen molar-refractivity contribution in [1.29, 1.82) is 0 Å². The van der Waals surface area contributed by atoms with Crippen LogP contribution in [0.25, 0.3) is 11.4 Å². The van der Waals surface area contributed by atoms with Crippen molar-refractivity contribution in [3.8, 4) is 17.1 Å². The molecule has 1 aliphatic heterocycles. The molecule has 126 valence electrons. The van der Waals surface area contributed by atoms with Gasteiger partial charge in [-0.2, -0.15) is 9.78 Å². The summed E-state index contributed by atoms with van der Waals surface area (Å²) < 4.78 is 7.06. The Labute approximate surface area is 150 Å². The molecule has 2 heterocycles. The molecule has 1 aromatic heterocycles. The van der Waals surface area contributed by atoms with E-state index in [1.165, 1.54) is 5.56 Å². The van der Waals surface area contributed by atoms with Gasteiger partial charge in [0, 0.05) is 5.56 Å². The first-order chi connectivity index (χ1) is 12.2. The lowest BCUT2D eigenvalue weighted by Crippen LogP contribution is -2.21. The molecule has 6 heteroatoms. The maximum absolute atomic E-state index is 5.22. The second-order valence-corrected chi connectivity index (χ2v) is 7.27. The van der Waals surface area contributed by atoms with Crippen molar-refractivity contribution in [2.75, 3.05) is 7.11 Å². The normalized spacial score (nSPS) is 16.3. The van der Waals surface area contributed by atoms with Gasteiger partial charge in [0.05, 0.1) is 18.1 Å². The average Bonchev–Trinajstić information content (AvgIpc) is 3.04. The fourth-order valence-corrected chi connectivity index (χ4v) is 3.70. The standard InChI is InChI=1S/C19H18N4OS/c1-12-4-6-14(7-5-12)17-13(2)25-19-21-20-18(23(19)22-17)15-8-10-16(24-3)11-9-15/h4-11,13H,1-3H3/t13-/m1/s1. The first-order valence-electron chi connectivity index (χ1n) is 8.08. The molecule has 0 amide bonds. The number of hydrogen-bond donors (Lipinski definition) is 0. The number of aryl methyl sites for hydroxylation is 1. The highest BCUT2D eigenvalue weighted by Crippen LogP contribution is 2.33. The van der Waals surface area contributed by atoms with Gasteiger partial charge in [-0.3, -0.25) is 0 Å². The molecule has 3 aromatic rings. The number of fused-ring (bicyclic) bond motifs is 1. The molecule has 0 saturated heterocycles. The zero-order chi connectivity index (χ0) is 17.4. The van der Waals surface area contributed by atoms with Crippen molar-refractivity contribution < 1.29 is 4.74 Å². The number of hydrogen-bond acceptors (Lipinski definition) is 5. The first-order valence-corrected chi connectivity index (χ1v) is 8.96. The summed E-state index contributed by atoms with van der Waals surface area (Å²) in [6.45, 7) is 4.24. The van der Waals surface area contributed by atoms with E-state index in [1.807, 2.05) is 28.9 Å². The summed E-state index contributed by atoms with van der Waals surface area (Å²) in [6, 6.07) is 16.2. The van der Waals surface area contributed by atoms with E-state index in [9.17, 15) is 0 Å². The smallest absolute Gasteiger partial charge is 0.213 e. The molecule has 5 nitrogen and oxygen atoms in total. The minimum Gasteiger partial charge on any atom is -0.497 e. The van der Waals surface area contributed by atoms with Crippen molar-refractivity contribution >= 4 is 17.5 Å². The third-order valence-corrected chi connectivity index (χ3v) is 5.22. The predicted octanol–water partition coefficient (Wildman–Crippen LogP) is 4.01. The summed E-state index contributed by atoms with van der Waals surface area (Å²) >= 11 is 1.68. The molecule has 25 heavy (non-hydrogen) atoms. The van der Waals surface area contributed by atoms with Crippen LogP contribution in [0.4, 0.5) is 0 Å². The highest BCUT2D eigenvalue weighted by atomic mass is 32.2. The molecule has 1 aliphatic rings. The van der Waals surface area contributed by atoms with Crippen molar-refractivity contribution in [2.24, 2.45) is 5.10 Å². The Morgan fingerprint density at radius 3 is 2.32 bits per heavy atom. The maximum Gasteiger partial charge on any atom is 0.213 e. The zero-order valence-corrected chi connectivity index (χ0v) is 15.1. The molecule has 2 aromatic carbocycles. The van der Waals surface area contributed by atoms with E-state index in [0.29, 0.717) is 0 Å². The molecule has 0 aliphatic carbocycles. The Kier molecular flexibility index (Phi) is 4.05. The van der Waals surface area contributed by atoms with Crippen molar-refractivity contribution in [2.45, 2.75) is 24.3 Å². The molecule has 0 saturated carbocycles. The van der Waals surface area contributed by atoms with Crippen LogP contribution in [-0.4, -0.2) is 32.9 Å². The fraction of sp³-hybridized carbons (Fsp3) is 0.211. The first kappa shape index (κ1) is 15.9. The summed E-state index contributed by atoms with van der Waals surface area (Å²) in [5.41, 5.74) is 4.36. The number of methoxy groups -OCH3 is 1. The molecule has 0 bridgehead atoms. The van der Waals surface area contributed by atoms with Crippen LogP contribution < -0.4 is 4.74 Å². The van der Waals surface area contributed by atoms with Gasteiger partial charge < -0.3 is 4.74 Å². The van der Waals surface area contributed by atoms with Gasteiger partial charge in [-0.15, -0.1) is 10.2 Å². The van der Waals surface area contributed by atoms with Gasteiger partial charge in [-0.05, 0) is 43.7 Å². The Bertz CT molecular complexity index is 929. The van der Waals surface area contributed by atoms with Gasteiger partial charge in [-0.1, -0.05) is 41.6 Å². The lowest BCUT2D eigenvalue weighted by molar-refractivity contribution is 0.415. The van der Waals surface area contributed by atoms with E-state index < -0.39 is 0 Å². The molecular formula is C19H18N4OS. The number of rotatable bonds is 3. The third kappa shape index (κ3) is 2.93. The van der Waals surface area contributed by atoms with E-state index in [-0.39, 0.29) is 5.25 Å². The second kappa shape index (κ2) is 6.37. The zero-order valence-electron chi connectivity index (χ0n) is 14.3. The van der Waals surface area contributed by atoms with E-state index in [4.69, 9.17) is 9.84 Å². The number of thioether (sulfide) groups is 1. The maximum atomic E-state index is 5.22. The van der Waals surface area contributed by atoms with E-state index >= 15 is 0 Å². The summed E-state index contributed by atoms with van der Waals surface area (Å²) in [4.78, 5) is 0. The van der Waals surface area contributed by atoms with E-state index in [1.54, 1.807) is 18.9 Å². The topological polar surface area (TPSA) is 52.3 Å². The molecule has 0 N–H and O–H groups in total. The number of aromatic nitrogens is 3. The Hall–Kier alpha value is -2.60. The summed E-state index contributed by atoms with van der Waals surface area (Å²) in [6.07, 6.45) is 0. The van der Waals surface area contributed by atoms with Crippen LogP contribution in [0, 0.1) is 6.92 Å². The Balaban J connectivity index is 1.78.